The van der Waals surface area contributed by atoms with Crippen molar-refractivity contribution in [2.75, 3.05) is 12.0 Å². The predicted octanol–water partition coefficient (Wildman–Crippen LogP) is 0.344. The summed E-state index contributed by atoms with van der Waals surface area (Å²) in [6.07, 6.45) is -7.27. The molecule has 0 heterocycles. The van der Waals surface area contributed by atoms with Gasteiger partial charge < -0.3 is 5.11 Å². The zero-order chi connectivity index (χ0) is 9.99. The number of rotatable bonds is 3. The topological polar surface area (TPSA) is 54.4 Å². The van der Waals surface area contributed by atoms with Crippen molar-refractivity contribution in [3.05, 3.63) is 0 Å². The fourth-order valence-corrected chi connectivity index (χ4v) is 1.14. The highest BCUT2D eigenvalue weighted by atomic mass is 32.2. The summed E-state index contributed by atoms with van der Waals surface area (Å²) in [5, 5.41) is 8.36. The van der Waals surface area contributed by atoms with Crippen LogP contribution in [0.4, 0.5) is 13.2 Å². The molecule has 7 heteroatoms. The van der Waals surface area contributed by atoms with E-state index < -0.39 is 34.3 Å². The highest BCUT2D eigenvalue weighted by molar-refractivity contribution is 7.90. The van der Waals surface area contributed by atoms with Crippen LogP contribution in [0.25, 0.3) is 0 Å². The molecule has 1 N–H and O–H groups in total. The fourth-order valence-electron chi connectivity index (χ4n) is 0.489. The van der Waals surface area contributed by atoms with Crippen LogP contribution in [0.3, 0.4) is 0 Å². The molecule has 0 bridgehead atoms. The standard InChI is InChI=1S/C5H9F3O3S/c1-12(10,11)3-2-4(9)5(6,7)8/h4,9H,2-3H2,1H3/t4-/m1/s1. The van der Waals surface area contributed by atoms with Gasteiger partial charge in [-0.15, -0.1) is 0 Å². The van der Waals surface area contributed by atoms with Gasteiger partial charge in [-0.3, -0.25) is 0 Å². The van der Waals surface area contributed by atoms with Gasteiger partial charge in [0.2, 0.25) is 0 Å². The van der Waals surface area contributed by atoms with Crippen LogP contribution in [0.2, 0.25) is 0 Å². The molecule has 0 saturated heterocycles. The Hall–Kier alpha value is -0.300. The van der Waals surface area contributed by atoms with E-state index in [1.54, 1.807) is 0 Å². The normalized spacial score (nSPS) is 16.1. The second kappa shape index (κ2) is 3.61. The lowest BCUT2D eigenvalue weighted by Gasteiger charge is -2.12. The summed E-state index contributed by atoms with van der Waals surface area (Å²) in [6, 6.07) is 0. The largest absolute Gasteiger partial charge is 0.414 e. The molecule has 0 aliphatic rings. The summed E-state index contributed by atoms with van der Waals surface area (Å²) in [7, 11) is -3.44. The molecule has 0 aliphatic heterocycles. The van der Waals surface area contributed by atoms with E-state index in [1.165, 1.54) is 0 Å². The quantitative estimate of drug-likeness (QED) is 0.724. The van der Waals surface area contributed by atoms with Crippen molar-refractivity contribution in [1.29, 1.82) is 0 Å². The van der Waals surface area contributed by atoms with Gasteiger partial charge in [0.1, 0.15) is 9.84 Å². The maximum absolute atomic E-state index is 11.6. The van der Waals surface area contributed by atoms with Gasteiger partial charge >= 0.3 is 6.18 Å². The fraction of sp³-hybridized carbons (Fsp3) is 1.00. The Balaban J connectivity index is 3.97. The van der Waals surface area contributed by atoms with E-state index in [4.69, 9.17) is 5.11 Å². The van der Waals surface area contributed by atoms with E-state index in [2.05, 4.69) is 0 Å². The average molecular weight is 206 g/mol. The summed E-state index contributed by atoms with van der Waals surface area (Å²) < 4.78 is 55.5. The summed E-state index contributed by atoms with van der Waals surface area (Å²) in [4.78, 5) is 0. The molecule has 0 rings (SSSR count). The number of aliphatic hydroxyl groups excluding tert-OH is 1. The second-order valence-electron chi connectivity index (χ2n) is 2.48. The molecule has 0 aromatic carbocycles. The van der Waals surface area contributed by atoms with Crippen LogP contribution in [-0.4, -0.2) is 37.8 Å². The van der Waals surface area contributed by atoms with Gasteiger partial charge in [-0.05, 0) is 6.42 Å². The van der Waals surface area contributed by atoms with Gasteiger partial charge in [0.15, 0.2) is 6.10 Å². The van der Waals surface area contributed by atoms with Crippen molar-refractivity contribution < 1.29 is 26.7 Å². The molecular weight excluding hydrogens is 197 g/mol. The number of aliphatic hydroxyl groups is 1. The first-order valence-corrected chi connectivity index (χ1v) is 5.11. The van der Waals surface area contributed by atoms with Crippen LogP contribution in [0.15, 0.2) is 0 Å². The van der Waals surface area contributed by atoms with Gasteiger partial charge in [-0.1, -0.05) is 0 Å². The van der Waals surface area contributed by atoms with Crippen molar-refractivity contribution in [3.63, 3.8) is 0 Å². The molecule has 12 heavy (non-hydrogen) atoms. The van der Waals surface area contributed by atoms with Gasteiger partial charge in [0.05, 0.1) is 5.75 Å². The first kappa shape index (κ1) is 11.7. The van der Waals surface area contributed by atoms with Crippen LogP contribution in [0.5, 0.6) is 0 Å². The number of alkyl halides is 3. The molecule has 74 valence electrons. The van der Waals surface area contributed by atoms with E-state index >= 15 is 0 Å². The Bertz CT molecular complexity index is 231. The van der Waals surface area contributed by atoms with Crippen LogP contribution < -0.4 is 0 Å². The third-order valence-electron chi connectivity index (χ3n) is 1.14. The van der Waals surface area contributed by atoms with E-state index in [0.29, 0.717) is 0 Å². The van der Waals surface area contributed by atoms with Crippen LogP contribution in [-0.2, 0) is 9.84 Å². The molecule has 0 aromatic heterocycles. The number of sulfone groups is 1. The molecular formula is C5H9F3O3S. The van der Waals surface area contributed by atoms with Gasteiger partial charge in [-0.25, -0.2) is 8.42 Å². The molecule has 0 aromatic rings. The third-order valence-corrected chi connectivity index (χ3v) is 2.12. The van der Waals surface area contributed by atoms with E-state index in [1.807, 2.05) is 0 Å². The monoisotopic (exact) mass is 206 g/mol. The maximum atomic E-state index is 11.6. The van der Waals surface area contributed by atoms with E-state index in [-0.39, 0.29) is 0 Å². The number of hydrogen-bond acceptors (Lipinski definition) is 3. The SMILES string of the molecule is CS(=O)(=O)CC[C@@H](O)C(F)(F)F. The van der Waals surface area contributed by atoms with Crippen LogP contribution in [0, 0.1) is 0 Å². The summed E-state index contributed by atoms with van der Waals surface area (Å²) in [6.45, 7) is 0. The Labute approximate surface area is 68.1 Å². The Morgan fingerprint density at radius 1 is 1.42 bits per heavy atom. The average Bonchev–Trinajstić information content (AvgIpc) is 1.78. The Morgan fingerprint density at radius 2 is 1.83 bits per heavy atom. The minimum absolute atomic E-state index is 0.659. The highest BCUT2D eigenvalue weighted by Gasteiger charge is 2.38. The maximum Gasteiger partial charge on any atom is 0.414 e. The first-order chi connectivity index (χ1) is 5.13. The molecule has 0 saturated carbocycles. The van der Waals surface area contributed by atoms with E-state index in [0.717, 1.165) is 6.26 Å². The first-order valence-electron chi connectivity index (χ1n) is 3.05. The third kappa shape index (κ3) is 5.36. The summed E-state index contributed by atoms with van der Waals surface area (Å²) in [5.41, 5.74) is 0. The molecule has 1 atom stereocenters. The molecule has 0 radical (unpaired) electrons. The zero-order valence-corrected chi connectivity index (χ0v) is 7.11. The molecule has 0 amide bonds. The lowest BCUT2D eigenvalue weighted by Crippen LogP contribution is -2.30. The zero-order valence-electron chi connectivity index (χ0n) is 6.30. The molecule has 0 fully saturated rings. The van der Waals surface area contributed by atoms with Gasteiger partial charge in [-0.2, -0.15) is 13.2 Å². The van der Waals surface area contributed by atoms with Crippen LogP contribution in [0.1, 0.15) is 6.42 Å². The van der Waals surface area contributed by atoms with Crippen LogP contribution >= 0.6 is 0 Å². The number of hydrogen-bond donors (Lipinski definition) is 1. The molecule has 0 spiro atoms. The lowest BCUT2D eigenvalue weighted by molar-refractivity contribution is -0.203. The summed E-state index contributed by atoms with van der Waals surface area (Å²) in [5.74, 6) is -0.659. The lowest BCUT2D eigenvalue weighted by atomic mass is 10.3. The summed E-state index contributed by atoms with van der Waals surface area (Å²) >= 11 is 0. The Morgan fingerprint density at radius 3 is 2.08 bits per heavy atom. The van der Waals surface area contributed by atoms with Crippen molar-refractivity contribution in [2.24, 2.45) is 0 Å². The molecule has 0 unspecified atom stereocenters. The predicted molar refractivity (Wildman–Crippen MR) is 36.4 cm³/mol. The second-order valence-corrected chi connectivity index (χ2v) is 4.74. The van der Waals surface area contributed by atoms with Gasteiger partial charge in [0, 0.05) is 6.26 Å². The number of halogens is 3. The minimum atomic E-state index is -4.73. The van der Waals surface area contributed by atoms with Crippen molar-refractivity contribution in [3.8, 4) is 0 Å². The van der Waals surface area contributed by atoms with Crippen molar-refractivity contribution >= 4 is 9.84 Å². The molecule has 3 nitrogen and oxygen atoms in total. The van der Waals surface area contributed by atoms with Crippen molar-refractivity contribution in [2.45, 2.75) is 18.7 Å². The van der Waals surface area contributed by atoms with Gasteiger partial charge in [0.25, 0.3) is 0 Å². The smallest absolute Gasteiger partial charge is 0.384 e. The van der Waals surface area contributed by atoms with Crippen molar-refractivity contribution in [1.82, 2.24) is 0 Å². The molecule has 0 aliphatic carbocycles. The van der Waals surface area contributed by atoms with E-state index in [9.17, 15) is 21.6 Å². The Kier molecular flexibility index (Phi) is 3.52. The minimum Gasteiger partial charge on any atom is -0.384 e. The highest BCUT2D eigenvalue weighted by Crippen LogP contribution is 2.22.